The Bertz CT molecular complexity index is 1170. The molecular weight excluding hydrogens is 404 g/mol. The van der Waals surface area contributed by atoms with E-state index in [0.29, 0.717) is 17.0 Å². The summed E-state index contributed by atoms with van der Waals surface area (Å²) < 4.78 is 7.22. The highest BCUT2D eigenvalue weighted by molar-refractivity contribution is 5.82. The Kier molecular flexibility index (Phi) is 6.29. The average molecular weight is 424 g/mol. The Morgan fingerprint density at radius 3 is 2.42 bits per heavy atom. The number of aryl methyl sites for hydroxylation is 1. The van der Waals surface area contributed by atoms with Gasteiger partial charge in [0.05, 0.1) is 28.9 Å². The normalized spacial score (nSPS) is 10.9. The number of benzene rings is 2. The molecule has 0 aliphatic rings. The number of oxime groups is 1. The molecule has 0 aliphatic heterocycles. The number of non-ortho nitro benzene ring substituents is 2. The van der Waals surface area contributed by atoms with Gasteiger partial charge in [0.15, 0.2) is 0 Å². The predicted molar refractivity (Wildman–Crippen MR) is 114 cm³/mol. The Balaban J connectivity index is 1.82. The van der Waals surface area contributed by atoms with Gasteiger partial charge in [-0.2, -0.15) is 0 Å². The molecule has 0 aliphatic carbocycles. The Morgan fingerprint density at radius 2 is 1.74 bits per heavy atom. The lowest BCUT2D eigenvalue weighted by Gasteiger charge is -2.13. The van der Waals surface area contributed by atoms with Crippen LogP contribution in [0.2, 0.25) is 0 Å². The van der Waals surface area contributed by atoms with E-state index in [1.54, 1.807) is 18.2 Å². The van der Waals surface area contributed by atoms with E-state index in [0.717, 1.165) is 17.0 Å². The molecule has 0 amide bonds. The summed E-state index contributed by atoms with van der Waals surface area (Å²) in [6.07, 6.45) is 1.53. The van der Waals surface area contributed by atoms with Crippen LogP contribution in [-0.4, -0.2) is 27.7 Å². The molecule has 0 saturated heterocycles. The second kappa shape index (κ2) is 9.08. The molecule has 3 aromatic rings. The smallest absolute Gasteiger partial charge is 0.271 e. The van der Waals surface area contributed by atoms with Gasteiger partial charge in [0.2, 0.25) is 0 Å². The SMILES string of the molecule is COc1ccc([N+](=O)[O-])cc1-n1c(C)cc(/C=N\OCc2cccc([N+](=O)[O-])c2)c1C. The molecule has 31 heavy (non-hydrogen) atoms. The van der Waals surface area contributed by atoms with Gasteiger partial charge < -0.3 is 14.1 Å². The van der Waals surface area contributed by atoms with Gasteiger partial charge >= 0.3 is 0 Å². The van der Waals surface area contributed by atoms with Crippen LogP contribution in [0.1, 0.15) is 22.5 Å². The first-order chi connectivity index (χ1) is 14.8. The van der Waals surface area contributed by atoms with Crippen LogP contribution in [-0.2, 0) is 11.4 Å². The fourth-order valence-electron chi connectivity index (χ4n) is 3.22. The number of hydrogen-bond acceptors (Lipinski definition) is 7. The van der Waals surface area contributed by atoms with E-state index in [4.69, 9.17) is 9.57 Å². The minimum absolute atomic E-state index is 0.0143. The third-order valence-corrected chi connectivity index (χ3v) is 4.70. The van der Waals surface area contributed by atoms with Gasteiger partial charge in [-0.25, -0.2) is 0 Å². The van der Waals surface area contributed by atoms with Crippen LogP contribution in [0.5, 0.6) is 5.75 Å². The molecule has 0 radical (unpaired) electrons. The van der Waals surface area contributed by atoms with Gasteiger partial charge in [-0.1, -0.05) is 17.3 Å². The van der Waals surface area contributed by atoms with E-state index in [9.17, 15) is 20.2 Å². The van der Waals surface area contributed by atoms with Crippen LogP contribution in [0.3, 0.4) is 0 Å². The van der Waals surface area contributed by atoms with Crippen molar-refractivity contribution in [2.75, 3.05) is 7.11 Å². The molecule has 3 rings (SSSR count). The number of aromatic nitrogens is 1. The molecule has 160 valence electrons. The minimum Gasteiger partial charge on any atom is -0.495 e. The van der Waals surface area contributed by atoms with Crippen LogP contribution < -0.4 is 4.74 Å². The quantitative estimate of drug-likeness (QED) is 0.299. The molecule has 1 aromatic heterocycles. The lowest BCUT2D eigenvalue weighted by molar-refractivity contribution is -0.385. The zero-order chi connectivity index (χ0) is 22.5. The minimum atomic E-state index is -0.468. The van der Waals surface area contributed by atoms with Gasteiger partial charge in [0.1, 0.15) is 12.4 Å². The summed E-state index contributed by atoms with van der Waals surface area (Å²) in [7, 11) is 1.50. The van der Waals surface area contributed by atoms with E-state index in [1.165, 1.54) is 37.6 Å². The van der Waals surface area contributed by atoms with Crippen LogP contribution in [0.25, 0.3) is 5.69 Å². The van der Waals surface area contributed by atoms with E-state index in [1.807, 2.05) is 24.5 Å². The molecule has 10 heteroatoms. The van der Waals surface area contributed by atoms with Crippen molar-refractivity contribution in [3.63, 3.8) is 0 Å². The summed E-state index contributed by atoms with van der Waals surface area (Å²) in [6, 6.07) is 12.4. The Hall–Kier alpha value is -4.21. The number of rotatable bonds is 8. The number of nitrogens with zero attached hydrogens (tertiary/aromatic N) is 4. The van der Waals surface area contributed by atoms with Gasteiger partial charge in [-0.15, -0.1) is 0 Å². The highest BCUT2D eigenvalue weighted by Gasteiger charge is 2.17. The zero-order valence-electron chi connectivity index (χ0n) is 17.1. The molecule has 0 saturated carbocycles. The molecular formula is C21H20N4O6. The monoisotopic (exact) mass is 424 g/mol. The van der Waals surface area contributed by atoms with Gasteiger partial charge in [-0.3, -0.25) is 20.2 Å². The van der Waals surface area contributed by atoms with Crippen molar-refractivity contribution in [2.24, 2.45) is 5.16 Å². The molecule has 10 nitrogen and oxygen atoms in total. The van der Waals surface area contributed by atoms with Gasteiger partial charge in [-0.05, 0) is 31.5 Å². The van der Waals surface area contributed by atoms with Crippen LogP contribution >= 0.6 is 0 Å². The lowest BCUT2D eigenvalue weighted by Crippen LogP contribution is -2.03. The molecule has 0 spiro atoms. The first-order valence-electron chi connectivity index (χ1n) is 9.22. The fraction of sp³-hybridized carbons (Fsp3) is 0.190. The van der Waals surface area contributed by atoms with Crippen LogP contribution in [0.15, 0.2) is 53.7 Å². The maximum absolute atomic E-state index is 11.2. The summed E-state index contributed by atoms with van der Waals surface area (Å²) in [5, 5.41) is 26.0. The maximum atomic E-state index is 11.2. The Labute approximate surface area is 177 Å². The second-order valence-corrected chi connectivity index (χ2v) is 6.71. The summed E-state index contributed by atoms with van der Waals surface area (Å²) in [5.74, 6) is 0.498. The fourth-order valence-corrected chi connectivity index (χ4v) is 3.22. The topological polar surface area (TPSA) is 122 Å². The van der Waals surface area contributed by atoms with Crippen molar-refractivity contribution >= 4 is 17.6 Å². The van der Waals surface area contributed by atoms with Crippen LogP contribution in [0, 0.1) is 34.1 Å². The molecule has 0 unspecified atom stereocenters. The van der Waals surface area contributed by atoms with Crippen molar-refractivity contribution in [3.05, 3.63) is 91.3 Å². The average Bonchev–Trinajstić information content (AvgIpc) is 3.03. The number of nitro groups is 2. The summed E-state index contributed by atoms with van der Waals surface area (Å²) in [6.45, 7) is 3.80. The van der Waals surface area contributed by atoms with Gasteiger partial charge in [0.25, 0.3) is 11.4 Å². The van der Waals surface area contributed by atoms with Crippen molar-refractivity contribution in [3.8, 4) is 11.4 Å². The van der Waals surface area contributed by atoms with Crippen molar-refractivity contribution in [1.29, 1.82) is 0 Å². The highest BCUT2D eigenvalue weighted by Crippen LogP contribution is 2.31. The summed E-state index contributed by atoms with van der Waals surface area (Å²) in [5.41, 5.74) is 3.49. The summed E-state index contributed by atoms with van der Waals surface area (Å²) in [4.78, 5) is 26.4. The van der Waals surface area contributed by atoms with Crippen molar-refractivity contribution in [2.45, 2.75) is 20.5 Å². The second-order valence-electron chi connectivity index (χ2n) is 6.71. The third kappa shape index (κ3) is 4.69. The van der Waals surface area contributed by atoms with Gasteiger partial charge in [0, 0.05) is 41.2 Å². The molecule has 2 aromatic carbocycles. The number of ether oxygens (including phenoxy) is 1. The standard InChI is InChI=1S/C21H20N4O6/c1-14-9-17(12-22-31-13-16-5-4-6-18(10-16)24(26)27)15(2)23(14)20-11-19(25(28)29)7-8-21(20)30-3/h4-12H,13H2,1-3H3/b22-12-. The zero-order valence-corrected chi connectivity index (χ0v) is 17.1. The lowest BCUT2D eigenvalue weighted by atomic mass is 10.2. The molecule has 0 bridgehead atoms. The predicted octanol–water partition coefficient (Wildman–Crippen LogP) is 4.47. The molecule has 0 fully saturated rings. The first kappa shape index (κ1) is 21.5. The molecule has 1 heterocycles. The molecule has 0 N–H and O–H groups in total. The number of methoxy groups -OCH3 is 1. The third-order valence-electron chi connectivity index (χ3n) is 4.70. The van der Waals surface area contributed by atoms with E-state index in [-0.39, 0.29) is 18.0 Å². The summed E-state index contributed by atoms with van der Waals surface area (Å²) >= 11 is 0. The maximum Gasteiger partial charge on any atom is 0.271 e. The highest BCUT2D eigenvalue weighted by atomic mass is 16.6. The number of hydrogen-bond donors (Lipinski definition) is 0. The van der Waals surface area contributed by atoms with Crippen molar-refractivity contribution in [1.82, 2.24) is 4.57 Å². The van der Waals surface area contributed by atoms with E-state index < -0.39 is 9.85 Å². The largest absolute Gasteiger partial charge is 0.495 e. The van der Waals surface area contributed by atoms with Crippen LogP contribution in [0.4, 0.5) is 11.4 Å². The van der Waals surface area contributed by atoms with Crippen molar-refractivity contribution < 1.29 is 19.4 Å². The van der Waals surface area contributed by atoms with E-state index in [2.05, 4.69) is 5.16 Å². The van der Waals surface area contributed by atoms with E-state index >= 15 is 0 Å². The Morgan fingerprint density at radius 1 is 1.03 bits per heavy atom. The number of nitro benzene ring substituents is 2. The molecule has 0 atom stereocenters. The first-order valence-corrected chi connectivity index (χ1v) is 9.22.